The first-order valence-corrected chi connectivity index (χ1v) is 9.86. The van der Waals surface area contributed by atoms with Gasteiger partial charge in [-0.25, -0.2) is 9.78 Å². The normalized spacial score (nSPS) is 13.7. The van der Waals surface area contributed by atoms with Gasteiger partial charge in [0.15, 0.2) is 0 Å². The Bertz CT molecular complexity index is 943. The second kappa shape index (κ2) is 8.82. The third kappa shape index (κ3) is 4.77. The highest BCUT2D eigenvalue weighted by molar-refractivity contribution is 7.17. The van der Waals surface area contributed by atoms with Crippen molar-refractivity contribution in [3.05, 3.63) is 40.9 Å². The van der Waals surface area contributed by atoms with Crippen molar-refractivity contribution in [2.24, 2.45) is 0 Å². The number of carbonyl (C=O) groups is 4. The predicted octanol–water partition coefficient (Wildman–Crippen LogP) is 1.55. The van der Waals surface area contributed by atoms with Crippen LogP contribution in [0.1, 0.15) is 28.2 Å². The predicted molar refractivity (Wildman–Crippen MR) is 107 cm³/mol. The molecule has 3 rings (SSSR count). The van der Waals surface area contributed by atoms with Crippen molar-refractivity contribution in [2.75, 3.05) is 20.1 Å². The van der Waals surface area contributed by atoms with Crippen molar-refractivity contribution in [2.45, 2.75) is 19.8 Å². The van der Waals surface area contributed by atoms with Gasteiger partial charge in [-0.1, -0.05) is 30.3 Å². The van der Waals surface area contributed by atoms with E-state index in [0.29, 0.717) is 17.0 Å². The summed E-state index contributed by atoms with van der Waals surface area (Å²) in [5.41, 5.74) is 6.24. The van der Waals surface area contributed by atoms with E-state index in [4.69, 9.17) is 0 Å². The van der Waals surface area contributed by atoms with Crippen LogP contribution in [0.3, 0.4) is 0 Å². The Balaban J connectivity index is 1.47. The van der Waals surface area contributed by atoms with Gasteiger partial charge in [0.1, 0.15) is 16.4 Å². The van der Waals surface area contributed by atoms with Crippen molar-refractivity contribution in [3.8, 4) is 10.6 Å². The highest BCUT2D eigenvalue weighted by Crippen LogP contribution is 2.27. The molecule has 1 aliphatic heterocycles. The van der Waals surface area contributed by atoms with Gasteiger partial charge in [-0.2, -0.15) is 0 Å². The molecule has 10 heteroatoms. The molecule has 1 saturated heterocycles. The van der Waals surface area contributed by atoms with Crippen molar-refractivity contribution >= 4 is 35.1 Å². The molecule has 0 saturated carbocycles. The quantitative estimate of drug-likeness (QED) is 0.549. The van der Waals surface area contributed by atoms with E-state index < -0.39 is 11.8 Å². The number of urea groups is 1. The molecule has 29 heavy (non-hydrogen) atoms. The molecule has 1 fully saturated rings. The van der Waals surface area contributed by atoms with Crippen LogP contribution in [0.5, 0.6) is 0 Å². The largest absolute Gasteiger partial charge is 0.326 e. The van der Waals surface area contributed by atoms with Crippen LogP contribution in [0.15, 0.2) is 30.3 Å². The number of hydrogen-bond acceptors (Lipinski definition) is 6. The van der Waals surface area contributed by atoms with E-state index in [1.165, 1.54) is 16.2 Å². The maximum absolute atomic E-state index is 12.4. The van der Waals surface area contributed by atoms with Crippen LogP contribution in [0.25, 0.3) is 10.6 Å². The Morgan fingerprint density at radius 1 is 1.17 bits per heavy atom. The van der Waals surface area contributed by atoms with Gasteiger partial charge in [0.2, 0.25) is 11.8 Å². The standard InChI is InChI=1S/C19H21N5O4S/c1-12-16(29-18(20-12)13-7-4-3-5-8-13)17(27)22-21-14(25)9-6-10-24-15(26)11-23(2)19(24)28/h3-5,7-8H,6,9-11H2,1-2H3,(H,21,25)(H,22,27). The van der Waals surface area contributed by atoms with Crippen LogP contribution >= 0.6 is 11.3 Å². The van der Waals surface area contributed by atoms with Crippen LogP contribution < -0.4 is 10.9 Å². The topological polar surface area (TPSA) is 112 Å². The van der Waals surface area contributed by atoms with Gasteiger partial charge >= 0.3 is 6.03 Å². The lowest BCUT2D eigenvalue weighted by atomic mass is 10.2. The SMILES string of the molecule is Cc1nc(-c2ccccc2)sc1C(=O)NNC(=O)CCCN1C(=O)CN(C)C1=O. The van der Waals surface area contributed by atoms with Gasteiger partial charge in [-0.3, -0.25) is 30.1 Å². The average Bonchev–Trinajstić information content (AvgIpc) is 3.21. The Hall–Kier alpha value is -3.27. The van der Waals surface area contributed by atoms with Crippen molar-refractivity contribution in [1.82, 2.24) is 25.6 Å². The minimum atomic E-state index is -0.443. The van der Waals surface area contributed by atoms with E-state index in [1.807, 2.05) is 30.3 Å². The van der Waals surface area contributed by atoms with Gasteiger partial charge in [-0.05, 0) is 13.3 Å². The average molecular weight is 415 g/mol. The molecule has 0 spiro atoms. The third-order valence-electron chi connectivity index (χ3n) is 4.36. The summed E-state index contributed by atoms with van der Waals surface area (Å²) >= 11 is 1.25. The number of amides is 5. The highest BCUT2D eigenvalue weighted by Gasteiger charge is 2.32. The molecule has 5 amide bonds. The number of aryl methyl sites for hydroxylation is 1. The molecule has 152 valence electrons. The Morgan fingerprint density at radius 3 is 2.55 bits per heavy atom. The molecule has 0 radical (unpaired) electrons. The smallest absolute Gasteiger partial charge is 0.318 e. The fraction of sp³-hybridized carbons (Fsp3) is 0.316. The van der Waals surface area contributed by atoms with E-state index in [-0.39, 0.29) is 31.4 Å². The summed E-state index contributed by atoms with van der Waals surface area (Å²) < 4.78 is 0. The number of benzene rings is 1. The molecule has 0 unspecified atom stereocenters. The van der Waals surface area contributed by atoms with Gasteiger partial charge in [0.25, 0.3) is 5.91 Å². The molecule has 9 nitrogen and oxygen atoms in total. The second-order valence-electron chi connectivity index (χ2n) is 6.59. The Kier molecular flexibility index (Phi) is 6.23. The number of rotatable bonds is 6. The first-order valence-electron chi connectivity index (χ1n) is 9.04. The van der Waals surface area contributed by atoms with Crippen LogP contribution in [0, 0.1) is 6.92 Å². The first kappa shape index (κ1) is 20.5. The molecule has 0 bridgehead atoms. The van der Waals surface area contributed by atoms with E-state index >= 15 is 0 Å². The summed E-state index contributed by atoms with van der Waals surface area (Å²) in [6.07, 6.45) is 0.378. The molecule has 2 aromatic rings. The first-order chi connectivity index (χ1) is 13.9. The number of carbonyl (C=O) groups excluding carboxylic acids is 4. The third-order valence-corrected chi connectivity index (χ3v) is 5.56. The van der Waals surface area contributed by atoms with Gasteiger partial charge < -0.3 is 4.90 Å². The lowest BCUT2D eigenvalue weighted by Gasteiger charge is -2.13. The minimum Gasteiger partial charge on any atom is -0.318 e. The number of hydrazine groups is 1. The van der Waals surface area contributed by atoms with Crippen LogP contribution in [-0.2, 0) is 9.59 Å². The number of likely N-dealkylation sites (N-methyl/N-ethyl adjacent to an activating group) is 1. The molecule has 2 N–H and O–H groups in total. The molecule has 1 aliphatic rings. The summed E-state index contributed by atoms with van der Waals surface area (Å²) in [6.45, 7) is 1.96. The van der Waals surface area contributed by atoms with Crippen molar-refractivity contribution in [3.63, 3.8) is 0 Å². The van der Waals surface area contributed by atoms with Gasteiger partial charge in [0.05, 0.1) is 5.69 Å². The number of nitrogens with zero attached hydrogens (tertiary/aromatic N) is 3. The number of hydrogen-bond donors (Lipinski definition) is 2. The number of nitrogens with one attached hydrogen (secondary N) is 2. The zero-order valence-electron chi connectivity index (χ0n) is 16.1. The zero-order chi connectivity index (χ0) is 21.0. The summed E-state index contributed by atoms with van der Waals surface area (Å²) in [7, 11) is 1.55. The van der Waals surface area contributed by atoms with Gasteiger partial charge in [0, 0.05) is 25.6 Å². The summed E-state index contributed by atoms with van der Waals surface area (Å²) in [5, 5.41) is 0.726. The van der Waals surface area contributed by atoms with E-state index in [9.17, 15) is 19.2 Å². The molecule has 0 aliphatic carbocycles. The molecular weight excluding hydrogens is 394 g/mol. The lowest BCUT2D eigenvalue weighted by Crippen LogP contribution is -2.42. The van der Waals surface area contributed by atoms with Crippen LogP contribution in [-0.4, -0.2) is 58.7 Å². The minimum absolute atomic E-state index is 0.0558. The molecule has 1 aromatic heterocycles. The van der Waals surface area contributed by atoms with E-state index in [1.54, 1.807) is 14.0 Å². The van der Waals surface area contributed by atoms with E-state index in [0.717, 1.165) is 15.5 Å². The summed E-state index contributed by atoms with van der Waals surface area (Å²) in [5.74, 6) is -1.13. The Morgan fingerprint density at radius 2 is 1.90 bits per heavy atom. The number of thiazole rings is 1. The lowest BCUT2D eigenvalue weighted by molar-refractivity contribution is -0.126. The molecular formula is C19H21N5O4S. The number of aromatic nitrogens is 1. The maximum Gasteiger partial charge on any atom is 0.326 e. The maximum atomic E-state index is 12.4. The van der Waals surface area contributed by atoms with Crippen LogP contribution in [0.4, 0.5) is 4.79 Å². The van der Waals surface area contributed by atoms with E-state index in [2.05, 4.69) is 15.8 Å². The van der Waals surface area contributed by atoms with Crippen molar-refractivity contribution in [1.29, 1.82) is 0 Å². The molecule has 2 heterocycles. The highest BCUT2D eigenvalue weighted by atomic mass is 32.1. The fourth-order valence-corrected chi connectivity index (χ4v) is 3.81. The molecule has 1 aromatic carbocycles. The number of imide groups is 1. The Labute approximate surface area is 171 Å². The summed E-state index contributed by atoms with van der Waals surface area (Å²) in [4.78, 5) is 55.0. The second-order valence-corrected chi connectivity index (χ2v) is 7.59. The van der Waals surface area contributed by atoms with Gasteiger partial charge in [-0.15, -0.1) is 11.3 Å². The summed E-state index contributed by atoms with van der Waals surface area (Å²) in [6, 6.07) is 9.16. The van der Waals surface area contributed by atoms with Crippen molar-refractivity contribution < 1.29 is 19.2 Å². The fourth-order valence-electron chi connectivity index (χ4n) is 2.84. The molecule has 0 atom stereocenters. The zero-order valence-corrected chi connectivity index (χ0v) is 16.9. The van der Waals surface area contributed by atoms with Crippen LogP contribution in [0.2, 0.25) is 0 Å². The monoisotopic (exact) mass is 415 g/mol.